The Morgan fingerprint density at radius 3 is 2.88 bits per heavy atom. The number of amides is 1. The fourth-order valence-electron chi connectivity index (χ4n) is 4.33. The van der Waals surface area contributed by atoms with Gasteiger partial charge in [-0.2, -0.15) is 0 Å². The van der Waals surface area contributed by atoms with Gasteiger partial charge in [0, 0.05) is 24.7 Å². The molecule has 1 aromatic heterocycles. The summed E-state index contributed by atoms with van der Waals surface area (Å²) in [5, 5.41) is 0. The van der Waals surface area contributed by atoms with Gasteiger partial charge in [-0.3, -0.25) is 4.79 Å². The number of fused-ring (bicyclic) bond motifs is 2. The molecule has 2 aromatic rings. The van der Waals surface area contributed by atoms with E-state index >= 15 is 0 Å². The lowest BCUT2D eigenvalue weighted by atomic mass is 9.77. The van der Waals surface area contributed by atoms with Crippen LogP contribution in [0.15, 0.2) is 30.5 Å². The molecule has 2 heterocycles. The van der Waals surface area contributed by atoms with Gasteiger partial charge in [-0.1, -0.05) is 12.1 Å². The molecule has 0 saturated carbocycles. The van der Waals surface area contributed by atoms with Crippen LogP contribution in [0.4, 0.5) is 5.95 Å². The number of ether oxygens (including phenoxy) is 1. The molecule has 1 aromatic carbocycles. The van der Waals surface area contributed by atoms with Gasteiger partial charge in [-0.15, -0.1) is 0 Å². The third kappa shape index (κ3) is 3.00. The molecule has 2 N–H and O–H groups in total. The van der Waals surface area contributed by atoms with Gasteiger partial charge in [-0.25, -0.2) is 9.97 Å². The van der Waals surface area contributed by atoms with E-state index in [9.17, 15) is 4.79 Å². The van der Waals surface area contributed by atoms with Gasteiger partial charge in [0.15, 0.2) is 0 Å². The molecule has 26 heavy (non-hydrogen) atoms. The summed E-state index contributed by atoms with van der Waals surface area (Å²) in [6.07, 6.45) is 6.31. The van der Waals surface area contributed by atoms with Crippen LogP contribution in [-0.4, -0.2) is 41.0 Å². The predicted octanol–water partition coefficient (Wildman–Crippen LogP) is 2.12. The number of methoxy groups -OCH3 is 1. The van der Waals surface area contributed by atoms with Gasteiger partial charge in [-0.05, 0) is 48.9 Å². The van der Waals surface area contributed by atoms with E-state index in [1.165, 1.54) is 5.56 Å². The monoisotopic (exact) mass is 352 g/mol. The molecule has 6 nitrogen and oxygen atoms in total. The molecule has 2 aliphatic rings. The third-order valence-corrected chi connectivity index (χ3v) is 5.70. The molecule has 1 atom stereocenters. The number of benzene rings is 1. The number of rotatable bonds is 3. The van der Waals surface area contributed by atoms with Gasteiger partial charge >= 0.3 is 0 Å². The van der Waals surface area contributed by atoms with Crippen LogP contribution in [0.25, 0.3) is 0 Å². The highest BCUT2D eigenvalue weighted by Gasteiger charge is 2.44. The Morgan fingerprint density at radius 2 is 2.12 bits per heavy atom. The third-order valence-electron chi connectivity index (χ3n) is 5.70. The molecule has 136 valence electrons. The highest BCUT2D eigenvalue weighted by atomic mass is 16.5. The molecule has 1 spiro atoms. The number of carbonyl (C=O) groups is 1. The molecular weight excluding hydrogens is 328 g/mol. The maximum atomic E-state index is 12.9. The van der Waals surface area contributed by atoms with E-state index in [2.05, 4.69) is 9.97 Å². The number of nitrogens with two attached hydrogens (primary N) is 1. The number of aromatic nitrogens is 2. The zero-order chi connectivity index (χ0) is 18.1. The number of carbonyl (C=O) groups excluding carboxylic acids is 1. The lowest BCUT2D eigenvalue weighted by Gasteiger charge is -2.40. The number of aryl methyl sites for hydroxylation is 1. The Hall–Kier alpha value is -2.63. The van der Waals surface area contributed by atoms with Crippen LogP contribution in [0.5, 0.6) is 5.75 Å². The van der Waals surface area contributed by atoms with Crippen molar-refractivity contribution in [2.45, 2.75) is 37.5 Å². The van der Waals surface area contributed by atoms with E-state index in [1.807, 2.05) is 35.4 Å². The molecule has 1 amide bonds. The predicted molar refractivity (Wildman–Crippen MR) is 99.0 cm³/mol. The zero-order valence-electron chi connectivity index (χ0n) is 15.1. The lowest BCUT2D eigenvalue weighted by Crippen LogP contribution is -2.48. The summed E-state index contributed by atoms with van der Waals surface area (Å²) < 4.78 is 5.18. The summed E-state index contributed by atoms with van der Waals surface area (Å²) in [6.45, 7) is 1.54. The number of anilines is 1. The molecule has 0 radical (unpaired) electrons. The van der Waals surface area contributed by atoms with Crippen molar-refractivity contribution >= 4 is 11.9 Å². The molecule has 6 heteroatoms. The van der Waals surface area contributed by atoms with Gasteiger partial charge in [0.2, 0.25) is 11.9 Å². The Bertz CT molecular complexity index is 817. The fourth-order valence-corrected chi connectivity index (χ4v) is 4.33. The number of nitrogens with zero attached hydrogens (tertiary/aromatic N) is 3. The van der Waals surface area contributed by atoms with Gasteiger partial charge in [0.1, 0.15) is 5.75 Å². The quantitative estimate of drug-likeness (QED) is 0.915. The van der Waals surface area contributed by atoms with E-state index in [4.69, 9.17) is 10.5 Å². The second kappa shape index (κ2) is 6.59. The summed E-state index contributed by atoms with van der Waals surface area (Å²) in [5.74, 6) is 1.30. The Morgan fingerprint density at radius 1 is 1.31 bits per heavy atom. The first-order chi connectivity index (χ1) is 12.6. The summed E-state index contributed by atoms with van der Waals surface area (Å²) in [4.78, 5) is 23.6. The van der Waals surface area contributed by atoms with Gasteiger partial charge < -0.3 is 15.4 Å². The molecule has 0 bridgehead atoms. The normalized spacial score (nSPS) is 21.7. The number of hydrogen-bond donors (Lipinski definition) is 1. The van der Waals surface area contributed by atoms with E-state index in [0.29, 0.717) is 12.4 Å². The van der Waals surface area contributed by atoms with Crippen molar-refractivity contribution in [2.24, 2.45) is 0 Å². The summed E-state index contributed by atoms with van der Waals surface area (Å²) in [7, 11) is 1.64. The molecule has 1 saturated heterocycles. The first-order valence-electron chi connectivity index (χ1n) is 9.12. The van der Waals surface area contributed by atoms with E-state index in [-0.39, 0.29) is 11.3 Å². The lowest BCUT2D eigenvalue weighted by molar-refractivity contribution is -0.132. The van der Waals surface area contributed by atoms with Crippen LogP contribution in [0.1, 0.15) is 36.1 Å². The van der Waals surface area contributed by atoms with Crippen LogP contribution < -0.4 is 10.5 Å². The van der Waals surface area contributed by atoms with Crippen molar-refractivity contribution in [3.63, 3.8) is 0 Å². The standard InChI is InChI=1S/C20H24N4O2/c1-26-16-5-3-14(4-6-16)11-17(25)24-10-2-8-20(13-24)9-7-15-12-22-19(21)23-18(15)20/h3-6,12H,2,7-11,13H2,1H3,(H2,21,22,23). The number of hydrogen-bond acceptors (Lipinski definition) is 5. The van der Waals surface area contributed by atoms with Crippen LogP contribution in [-0.2, 0) is 23.1 Å². The summed E-state index contributed by atoms with van der Waals surface area (Å²) in [6, 6.07) is 7.70. The molecule has 1 aliphatic heterocycles. The molecule has 1 unspecified atom stereocenters. The average molecular weight is 352 g/mol. The van der Waals surface area contributed by atoms with Crippen molar-refractivity contribution in [1.29, 1.82) is 0 Å². The van der Waals surface area contributed by atoms with E-state index in [1.54, 1.807) is 7.11 Å². The number of nitrogen functional groups attached to an aromatic ring is 1. The zero-order valence-corrected chi connectivity index (χ0v) is 15.1. The van der Waals surface area contributed by atoms with E-state index < -0.39 is 0 Å². The fraction of sp³-hybridized carbons (Fsp3) is 0.450. The Labute approximate surface area is 153 Å². The Kier molecular flexibility index (Phi) is 4.26. The van der Waals surface area contributed by atoms with Gasteiger partial charge in [0.25, 0.3) is 0 Å². The van der Waals surface area contributed by atoms with Crippen LogP contribution in [0.2, 0.25) is 0 Å². The number of piperidine rings is 1. The van der Waals surface area contributed by atoms with Crippen LogP contribution in [0, 0.1) is 0 Å². The first-order valence-corrected chi connectivity index (χ1v) is 9.12. The van der Waals surface area contributed by atoms with Crippen molar-refractivity contribution in [3.8, 4) is 5.75 Å². The van der Waals surface area contributed by atoms with Crippen molar-refractivity contribution < 1.29 is 9.53 Å². The second-order valence-electron chi connectivity index (χ2n) is 7.33. The SMILES string of the molecule is COc1ccc(CC(=O)N2CCCC3(CCc4cnc(N)nc43)C2)cc1. The van der Waals surface area contributed by atoms with Crippen molar-refractivity contribution in [2.75, 3.05) is 25.9 Å². The highest BCUT2D eigenvalue weighted by Crippen LogP contribution is 2.44. The average Bonchev–Trinajstić information content (AvgIpc) is 2.99. The van der Waals surface area contributed by atoms with Crippen LogP contribution in [0.3, 0.4) is 0 Å². The minimum absolute atomic E-state index is 0.0553. The van der Waals surface area contributed by atoms with Crippen LogP contribution >= 0.6 is 0 Å². The number of likely N-dealkylation sites (tertiary alicyclic amines) is 1. The van der Waals surface area contributed by atoms with Crippen molar-refractivity contribution in [1.82, 2.24) is 14.9 Å². The minimum atomic E-state index is -0.0553. The maximum Gasteiger partial charge on any atom is 0.227 e. The summed E-state index contributed by atoms with van der Waals surface area (Å²) in [5.41, 5.74) is 9.03. The molecule has 4 rings (SSSR count). The largest absolute Gasteiger partial charge is 0.497 e. The second-order valence-corrected chi connectivity index (χ2v) is 7.33. The first kappa shape index (κ1) is 16.8. The smallest absolute Gasteiger partial charge is 0.227 e. The van der Waals surface area contributed by atoms with Crippen molar-refractivity contribution in [3.05, 3.63) is 47.3 Å². The minimum Gasteiger partial charge on any atom is -0.497 e. The molecule has 1 aliphatic carbocycles. The molecule has 1 fully saturated rings. The Balaban J connectivity index is 1.50. The molecular formula is C20H24N4O2. The van der Waals surface area contributed by atoms with E-state index in [0.717, 1.165) is 55.8 Å². The topological polar surface area (TPSA) is 81.3 Å². The summed E-state index contributed by atoms with van der Waals surface area (Å²) >= 11 is 0. The van der Waals surface area contributed by atoms with Gasteiger partial charge in [0.05, 0.1) is 19.2 Å². The maximum absolute atomic E-state index is 12.9. The highest BCUT2D eigenvalue weighted by molar-refractivity contribution is 5.79.